The average molecular weight is 194 g/mol. The van der Waals surface area contributed by atoms with Gasteiger partial charge in [0.2, 0.25) is 0 Å². The second kappa shape index (κ2) is 5.99. The Hall–Kier alpha value is -1.55. The molecule has 1 rings (SSSR count). The van der Waals surface area contributed by atoms with Crippen molar-refractivity contribution in [2.75, 3.05) is 19.9 Å². The summed E-state index contributed by atoms with van der Waals surface area (Å²) in [5, 5.41) is 1.60. The Bertz CT molecular complexity index is 259. The van der Waals surface area contributed by atoms with Gasteiger partial charge in [0.25, 0.3) is 0 Å². The minimum atomic E-state index is 0.459. The highest BCUT2D eigenvalue weighted by Gasteiger charge is 2.06. The van der Waals surface area contributed by atoms with Crippen LogP contribution in [0.5, 0.6) is 0 Å². The Morgan fingerprint density at radius 2 is 2.21 bits per heavy atom. The normalized spacial score (nSPS) is 14.9. The Morgan fingerprint density at radius 3 is 2.93 bits per heavy atom. The first-order chi connectivity index (χ1) is 6.86. The molecule has 0 aromatic rings. The molecule has 4 nitrogen and oxygen atoms in total. The van der Waals surface area contributed by atoms with Gasteiger partial charge in [0.15, 0.2) is 5.76 Å². The molecule has 0 aliphatic carbocycles. The highest BCUT2D eigenvalue weighted by molar-refractivity contribution is 5.76. The summed E-state index contributed by atoms with van der Waals surface area (Å²) >= 11 is 0. The van der Waals surface area contributed by atoms with Gasteiger partial charge in [-0.3, -0.25) is 9.83 Å². The van der Waals surface area contributed by atoms with Gasteiger partial charge in [-0.15, -0.1) is 6.58 Å². The second-order valence-corrected chi connectivity index (χ2v) is 2.59. The minimum Gasteiger partial charge on any atom is -0.486 e. The summed E-state index contributed by atoms with van der Waals surface area (Å²) in [7, 11) is 0. The van der Waals surface area contributed by atoms with E-state index in [0.29, 0.717) is 25.6 Å². The van der Waals surface area contributed by atoms with E-state index in [1.807, 2.05) is 0 Å². The van der Waals surface area contributed by atoms with Crippen molar-refractivity contribution in [3.05, 3.63) is 37.3 Å². The van der Waals surface area contributed by atoms with Crippen molar-refractivity contribution in [2.24, 2.45) is 4.99 Å². The zero-order valence-corrected chi connectivity index (χ0v) is 8.06. The fourth-order valence-corrected chi connectivity index (χ4v) is 0.884. The van der Waals surface area contributed by atoms with Gasteiger partial charge in [-0.1, -0.05) is 18.7 Å². The van der Waals surface area contributed by atoms with Gasteiger partial charge in [-0.05, 0) is 0 Å². The number of hydrogen-bond donors (Lipinski definition) is 0. The molecule has 0 N–H and O–H groups in total. The van der Waals surface area contributed by atoms with Gasteiger partial charge in [0, 0.05) is 0 Å². The summed E-state index contributed by atoms with van der Waals surface area (Å²) < 4.78 is 5.29. The molecule has 0 unspecified atom stereocenters. The minimum absolute atomic E-state index is 0.459. The molecule has 0 spiro atoms. The molecule has 0 radical (unpaired) electrons. The van der Waals surface area contributed by atoms with Crippen LogP contribution < -0.4 is 0 Å². The molecule has 0 amide bonds. The van der Waals surface area contributed by atoms with Crippen LogP contribution in [0.3, 0.4) is 0 Å². The van der Waals surface area contributed by atoms with E-state index in [4.69, 9.17) is 9.57 Å². The van der Waals surface area contributed by atoms with Crippen molar-refractivity contribution in [3.8, 4) is 0 Å². The van der Waals surface area contributed by atoms with Crippen molar-refractivity contribution in [1.82, 2.24) is 5.06 Å². The summed E-state index contributed by atoms with van der Waals surface area (Å²) in [5.41, 5.74) is 0. The van der Waals surface area contributed by atoms with E-state index in [2.05, 4.69) is 18.2 Å². The van der Waals surface area contributed by atoms with Crippen molar-refractivity contribution in [1.29, 1.82) is 0 Å². The van der Waals surface area contributed by atoms with Gasteiger partial charge >= 0.3 is 0 Å². The van der Waals surface area contributed by atoms with Crippen LogP contribution in [0.4, 0.5) is 0 Å². The standard InChI is InChI=1S/C10H14N2O2/c1-3-5-13-10-7-11-9-12(8-10)14-6-4-2/h3-4,7-8H,1-2,5-6,9H2. The van der Waals surface area contributed by atoms with E-state index in [1.165, 1.54) is 0 Å². The summed E-state index contributed by atoms with van der Waals surface area (Å²) in [6.07, 6.45) is 6.77. The van der Waals surface area contributed by atoms with Crippen LogP contribution in [0.15, 0.2) is 42.3 Å². The van der Waals surface area contributed by atoms with Crippen molar-refractivity contribution < 1.29 is 9.57 Å². The second-order valence-electron chi connectivity index (χ2n) is 2.59. The number of nitrogens with zero attached hydrogens (tertiary/aromatic N) is 2. The molecular weight excluding hydrogens is 180 g/mol. The van der Waals surface area contributed by atoms with E-state index in [-0.39, 0.29) is 0 Å². The Labute approximate surface area is 83.8 Å². The number of aliphatic imine (C=N–C) groups is 1. The van der Waals surface area contributed by atoms with Gasteiger partial charge in [0.1, 0.15) is 13.3 Å². The predicted molar refractivity (Wildman–Crippen MR) is 55.6 cm³/mol. The topological polar surface area (TPSA) is 34.1 Å². The Balaban J connectivity index is 2.40. The zero-order valence-electron chi connectivity index (χ0n) is 8.06. The first-order valence-electron chi connectivity index (χ1n) is 4.32. The van der Waals surface area contributed by atoms with Crippen LogP contribution >= 0.6 is 0 Å². The predicted octanol–water partition coefficient (Wildman–Crippen LogP) is 1.49. The van der Waals surface area contributed by atoms with Crippen LogP contribution in [-0.2, 0) is 9.57 Å². The fraction of sp³-hybridized carbons (Fsp3) is 0.300. The molecule has 1 heterocycles. The molecule has 0 atom stereocenters. The molecule has 0 fully saturated rings. The number of hydroxylamine groups is 2. The molecule has 0 saturated carbocycles. The maximum absolute atomic E-state index is 5.29. The van der Waals surface area contributed by atoms with Gasteiger partial charge in [-0.25, -0.2) is 5.06 Å². The largest absolute Gasteiger partial charge is 0.486 e. The van der Waals surface area contributed by atoms with Crippen LogP contribution in [-0.4, -0.2) is 31.2 Å². The van der Waals surface area contributed by atoms with E-state index in [0.717, 1.165) is 0 Å². The van der Waals surface area contributed by atoms with Gasteiger partial charge in [0.05, 0.1) is 19.0 Å². The molecule has 76 valence electrons. The van der Waals surface area contributed by atoms with Crippen LogP contribution in [0, 0.1) is 0 Å². The number of ether oxygens (including phenoxy) is 1. The molecule has 0 aromatic carbocycles. The summed E-state index contributed by atoms with van der Waals surface area (Å²) in [4.78, 5) is 9.32. The molecule has 14 heavy (non-hydrogen) atoms. The fourth-order valence-electron chi connectivity index (χ4n) is 0.884. The van der Waals surface area contributed by atoms with E-state index >= 15 is 0 Å². The van der Waals surface area contributed by atoms with Gasteiger partial charge in [-0.2, -0.15) is 0 Å². The molecule has 4 heteroatoms. The lowest BCUT2D eigenvalue weighted by Gasteiger charge is -2.20. The highest BCUT2D eigenvalue weighted by Crippen LogP contribution is 2.05. The third kappa shape index (κ3) is 3.45. The summed E-state index contributed by atoms with van der Waals surface area (Å²) in [6.45, 7) is 8.52. The maximum atomic E-state index is 5.29. The van der Waals surface area contributed by atoms with Crippen molar-refractivity contribution >= 4 is 6.21 Å². The SMILES string of the molecule is C=CCOC1=CN(OCC=C)CN=C1. The number of allylic oxidation sites excluding steroid dienone is 1. The molecule has 0 bridgehead atoms. The summed E-state index contributed by atoms with van der Waals surface area (Å²) in [5.74, 6) is 0.667. The molecule has 0 aromatic heterocycles. The lowest BCUT2D eigenvalue weighted by Crippen LogP contribution is -2.22. The zero-order chi connectivity index (χ0) is 10.2. The summed E-state index contributed by atoms with van der Waals surface area (Å²) in [6, 6.07) is 0. The van der Waals surface area contributed by atoms with Crippen LogP contribution in [0.25, 0.3) is 0 Å². The lowest BCUT2D eigenvalue weighted by molar-refractivity contribution is -0.108. The first kappa shape index (κ1) is 10.5. The molecule has 0 saturated heterocycles. The van der Waals surface area contributed by atoms with Crippen LogP contribution in [0.2, 0.25) is 0 Å². The monoisotopic (exact) mass is 194 g/mol. The number of hydrogen-bond acceptors (Lipinski definition) is 4. The number of rotatable bonds is 6. The first-order valence-corrected chi connectivity index (χ1v) is 4.32. The average Bonchev–Trinajstić information content (AvgIpc) is 2.24. The Kier molecular flexibility index (Phi) is 4.50. The Morgan fingerprint density at radius 1 is 1.43 bits per heavy atom. The van der Waals surface area contributed by atoms with Crippen LogP contribution in [0.1, 0.15) is 0 Å². The molecule has 1 aliphatic rings. The van der Waals surface area contributed by atoms with Gasteiger partial charge < -0.3 is 4.74 Å². The van der Waals surface area contributed by atoms with E-state index < -0.39 is 0 Å². The van der Waals surface area contributed by atoms with Crippen molar-refractivity contribution in [3.63, 3.8) is 0 Å². The van der Waals surface area contributed by atoms with E-state index in [9.17, 15) is 0 Å². The maximum Gasteiger partial charge on any atom is 0.155 e. The molecule has 1 aliphatic heterocycles. The lowest BCUT2D eigenvalue weighted by atomic mass is 10.5. The highest BCUT2D eigenvalue weighted by atomic mass is 16.7. The van der Waals surface area contributed by atoms with Crippen molar-refractivity contribution in [2.45, 2.75) is 0 Å². The quantitative estimate of drug-likeness (QED) is 0.601. The molecular formula is C10H14N2O2. The van der Waals surface area contributed by atoms with E-state index in [1.54, 1.807) is 29.6 Å². The third-order valence-corrected chi connectivity index (χ3v) is 1.44. The third-order valence-electron chi connectivity index (χ3n) is 1.44. The smallest absolute Gasteiger partial charge is 0.155 e.